The van der Waals surface area contributed by atoms with Gasteiger partial charge in [-0.2, -0.15) is 0 Å². The molecule has 2 aromatic rings. The van der Waals surface area contributed by atoms with E-state index in [2.05, 4.69) is 70.6 Å². The largest absolute Gasteiger partial charge is 0.312 e. The van der Waals surface area contributed by atoms with Gasteiger partial charge in [0, 0.05) is 11.9 Å². The quantitative estimate of drug-likeness (QED) is 0.707. The number of benzene rings is 1. The maximum atomic E-state index is 2.37. The minimum absolute atomic E-state index is 1.22. The Morgan fingerprint density at radius 1 is 1.08 bits per heavy atom. The molecule has 0 aliphatic heterocycles. The monoisotopic (exact) mass is 283 g/mol. The predicted molar refractivity (Wildman–Crippen MR) is 63.2 cm³/mol. The summed E-state index contributed by atoms with van der Waals surface area (Å²) < 4.78 is 3.47. The number of aromatic nitrogens is 1. The van der Waals surface area contributed by atoms with Gasteiger partial charge in [-0.25, -0.2) is 0 Å². The van der Waals surface area contributed by atoms with Crippen molar-refractivity contribution in [3.8, 4) is 5.69 Å². The first-order valence-electron chi connectivity index (χ1n) is 4.18. The van der Waals surface area contributed by atoms with E-state index in [9.17, 15) is 0 Å². The number of para-hydroxylation sites is 1. The van der Waals surface area contributed by atoms with Crippen molar-refractivity contribution in [3.05, 3.63) is 51.9 Å². The van der Waals surface area contributed by atoms with Crippen LogP contribution in [0.15, 0.2) is 42.6 Å². The van der Waals surface area contributed by atoms with Crippen LogP contribution >= 0.6 is 22.6 Å². The highest BCUT2D eigenvalue weighted by atomic mass is 127. The van der Waals surface area contributed by atoms with E-state index in [1.165, 1.54) is 15.0 Å². The molecule has 0 saturated carbocycles. The highest BCUT2D eigenvalue weighted by Gasteiger charge is 2.02. The van der Waals surface area contributed by atoms with Crippen molar-refractivity contribution < 1.29 is 0 Å². The zero-order valence-electron chi connectivity index (χ0n) is 7.37. The third kappa shape index (κ3) is 1.63. The van der Waals surface area contributed by atoms with E-state index in [0.717, 1.165) is 0 Å². The van der Waals surface area contributed by atoms with Crippen LogP contribution in [0.4, 0.5) is 0 Å². The fourth-order valence-corrected chi connectivity index (χ4v) is 1.92. The average molecular weight is 283 g/mol. The molecule has 66 valence electrons. The van der Waals surface area contributed by atoms with Crippen LogP contribution in [-0.4, -0.2) is 4.57 Å². The second-order valence-electron chi connectivity index (χ2n) is 3.00. The molecular formula is C11H10IN. The topological polar surface area (TPSA) is 4.93 Å². The van der Waals surface area contributed by atoms with E-state index in [-0.39, 0.29) is 0 Å². The molecule has 0 spiro atoms. The van der Waals surface area contributed by atoms with E-state index < -0.39 is 0 Å². The molecule has 0 amide bonds. The van der Waals surface area contributed by atoms with Crippen molar-refractivity contribution >= 4 is 22.6 Å². The summed E-state index contributed by atoms with van der Waals surface area (Å²) in [6.45, 7) is 2.13. The molecule has 13 heavy (non-hydrogen) atoms. The van der Waals surface area contributed by atoms with Gasteiger partial charge in [0.1, 0.15) is 0 Å². The highest BCUT2D eigenvalue weighted by Crippen LogP contribution is 2.17. The summed E-state index contributed by atoms with van der Waals surface area (Å²) in [6.07, 6.45) is 2.10. The van der Waals surface area contributed by atoms with Crippen LogP contribution in [0.1, 0.15) is 5.56 Å². The molecule has 2 rings (SSSR count). The number of aryl methyl sites for hydroxylation is 1. The second kappa shape index (κ2) is 3.54. The molecule has 0 radical (unpaired) electrons. The number of rotatable bonds is 1. The first-order valence-corrected chi connectivity index (χ1v) is 5.26. The Bertz CT molecular complexity index is 403. The molecule has 0 atom stereocenters. The standard InChI is InChI=1S/C11H10IN/c1-9-7-8-13(11(9)12)10-5-3-2-4-6-10/h2-8H,1H3. The molecule has 1 nitrogen and oxygen atoms in total. The Labute approximate surface area is 91.5 Å². The van der Waals surface area contributed by atoms with E-state index in [1.54, 1.807) is 0 Å². The molecule has 1 aromatic carbocycles. The van der Waals surface area contributed by atoms with Gasteiger partial charge in [0.05, 0.1) is 3.70 Å². The molecule has 1 aromatic heterocycles. The first kappa shape index (κ1) is 8.81. The Hall–Kier alpha value is -0.770. The number of nitrogens with zero attached hydrogens (tertiary/aromatic N) is 1. The fraction of sp³-hybridized carbons (Fsp3) is 0.0909. The summed E-state index contributed by atoms with van der Waals surface area (Å²) >= 11 is 2.37. The van der Waals surface area contributed by atoms with Crippen LogP contribution in [0.25, 0.3) is 5.69 Å². The van der Waals surface area contributed by atoms with Crippen molar-refractivity contribution in [1.29, 1.82) is 0 Å². The summed E-state index contributed by atoms with van der Waals surface area (Å²) in [7, 11) is 0. The number of hydrogen-bond acceptors (Lipinski definition) is 0. The third-order valence-electron chi connectivity index (χ3n) is 2.04. The van der Waals surface area contributed by atoms with Gasteiger partial charge in [0.2, 0.25) is 0 Å². The van der Waals surface area contributed by atoms with E-state index >= 15 is 0 Å². The molecule has 0 aliphatic carbocycles. The van der Waals surface area contributed by atoms with Gasteiger partial charge in [-0.1, -0.05) is 18.2 Å². The van der Waals surface area contributed by atoms with Crippen molar-refractivity contribution in [2.24, 2.45) is 0 Å². The minimum atomic E-state index is 1.22. The molecule has 0 N–H and O–H groups in total. The van der Waals surface area contributed by atoms with Gasteiger partial charge in [-0.15, -0.1) is 0 Å². The maximum Gasteiger partial charge on any atom is 0.0873 e. The van der Waals surface area contributed by atoms with Gasteiger partial charge in [0.25, 0.3) is 0 Å². The normalized spacial score (nSPS) is 10.3. The van der Waals surface area contributed by atoms with Gasteiger partial charge in [-0.05, 0) is 53.3 Å². The Kier molecular flexibility index (Phi) is 2.40. The smallest absolute Gasteiger partial charge is 0.0873 e. The predicted octanol–water partition coefficient (Wildman–Crippen LogP) is 3.39. The number of hydrogen-bond donors (Lipinski definition) is 0. The Balaban J connectivity index is 2.53. The third-order valence-corrected chi connectivity index (χ3v) is 3.42. The fourth-order valence-electron chi connectivity index (χ4n) is 1.30. The van der Waals surface area contributed by atoms with Crippen molar-refractivity contribution in [2.75, 3.05) is 0 Å². The first-order chi connectivity index (χ1) is 6.29. The molecule has 1 heterocycles. The van der Waals surface area contributed by atoms with Crippen molar-refractivity contribution in [3.63, 3.8) is 0 Å². The van der Waals surface area contributed by atoms with Gasteiger partial charge in [-0.3, -0.25) is 0 Å². The summed E-state index contributed by atoms with van der Waals surface area (Å²) in [5, 5.41) is 0. The molecule has 2 heteroatoms. The highest BCUT2D eigenvalue weighted by molar-refractivity contribution is 14.1. The SMILES string of the molecule is Cc1ccn(-c2ccccc2)c1I. The summed E-state index contributed by atoms with van der Waals surface area (Å²) in [5.74, 6) is 0. The second-order valence-corrected chi connectivity index (χ2v) is 4.02. The molecule has 0 bridgehead atoms. The Morgan fingerprint density at radius 3 is 2.31 bits per heavy atom. The van der Waals surface area contributed by atoms with E-state index in [4.69, 9.17) is 0 Å². The molecular weight excluding hydrogens is 273 g/mol. The molecule has 0 fully saturated rings. The minimum Gasteiger partial charge on any atom is -0.312 e. The van der Waals surface area contributed by atoms with Crippen LogP contribution < -0.4 is 0 Å². The zero-order valence-corrected chi connectivity index (χ0v) is 9.52. The van der Waals surface area contributed by atoms with Crippen LogP contribution in [0.5, 0.6) is 0 Å². The van der Waals surface area contributed by atoms with Crippen LogP contribution in [0.2, 0.25) is 0 Å². The summed E-state index contributed by atoms with van der Waals surface area (Å²) in [4.78, 5) is 0. The lowest BCUT2D eigenvalue weighted by Gasteiger charge is -2.04. The molecule has 0 aliphatic rings. The maximum absolute atomic E-state index is 2.37. The Morgan fingerprint density at radius 2 is 1.77 bits per heavy atom. The average Bonchev–Trinajstić information content (AvgIpc) is 2.49. The lowest BCUT2D eigenvalue weighted by Crippen LogP contribution is -1.93. The lowest BCUT2D eigenvalue weighted by molar-refractivity contribution is 1.04. The van der Waals surface area contributed by atoms with E-state index in [0.29, 0.717) is 0 Å². The van der Waals surface area contributed by atoms with Crippen LogP contribution in [0, 0.1) is 10.6 Å². The zero-order chi connectivity index (χ0) is 9.26. The summed E-state index contributed by atoms with van der Waals surface area (Å²) in [5.41, 5.74) is 2.55. The number of halogens is 1. The van der Waals surface area contributed by atoms with E-state index in [1.807, 2.05) is 6.07 Å². The van der Waals surface area contributed by atoms with Crippen LogP contribution in [-0.2, 0) is 0 Å². The lowest BCUT2D eigenvalue weighted by atomic mass is 10.3. The van der Waals surface area contributed by atoms with Gasteiger partial charge < -0.3 is 4.57 Å². The molecule has 0 saturated heterocycles. The van der Waals surface area contributed by atoms with Crippen molar-refractivity contribution in [2.45, 2.75) is 6.92 Å². The van der Waals surface area contributed by atoms with Crippen molar-refractivity contribution in [1.82, 2.24) is 4.57 Å². The van der Waals surface area contributed by atoms with Crippen LogP contribution in [0.3, 0.4) is 0 Å². The summed E-state index contributed by atoms with van der Waals surface area (Å²) in [6, 6.07) is 12.5. The van der Waals surface area contributed by atoms with Gasteiger partial charge in [0.15, 0.2) is 0 Å². The molecule has 0 unspecified atom stereocenters. The van der Waals surface area contributed by atoms with Gasteiger partial charge >= 0.3 is 0 Å².